The Kier molecular flexibility index (Phi) is 7.20. The van der Waals surface area contributed by atoms with Crippen LogP contribution in [0.15, 0.2) is 84.3 Å². The lowest BCUT2D eigenvalue weighted by Gasteiger charge is -2.33. The minimum absolute atomic E-state index is 0.122. The van der Waals surface area contributed by atoms with Gasteiger partial charge in [0.15, 0.2) is 6.29 Å². The molecule has 0 spiro atoms. The average molecular weight is 537 g/mol. The third kappa shape index (κ3) is 5.62. The summed E-state index contributed by atoms with van der Waals surface area (Å²) in [7, 11) is 0. The lowest BCUT2D eigenvalue weighted by Crippen LogP contribution is -2.44. The minimum Gasteiger partial charge on any atom is -0.363 e. The maximum Gasteiger partial charge on any atom is 0.225 e. The van der Waals surface area contributed by atoms with Gasteiger partial charge >= 0.3 is 0 Å². The number of hydrogen-bond acceptors (Lipinski definition) is 9. The summed E-state index contributed by atoms with van der Waals surface area (Å²) in [5.41, 5.74) is 4.61. The Morgan fingerprint density at radius 1 is 0.949 bits per heavy atom. The van der Waals surface area contributed by atoms with E-state index in [2.05, 4.69) is 88.8 Å². The number of aromatic amines is 1. The average Bonchev–Trinajstić information content (AvgIpc) is 3.44. The van der Waals surface area contributed by atoms with Crippen LogP contribution in [0.3, 0.4) is 0 Å². The van der Waals surface area contributed by atoms with E-state index in [-0.39, 0.29) is 6.04 Å². The van der Waals surface area contributed by atoms with Crippen LogP contribution in [-0.4, -0.2) is 61.7 Å². The van der Waals surface area contributed by atoms with Crippen LogP contribution < -0.4 is 10.2 Å². The second-order valence-electron chi connectivity index (χ2n) is 9.41. The van der Waals surface area contributed by atoms with Crippen LogP contribution in [0.2, 0.25) is 0 Å². The summed E-state index contributed by atoms with van der Waals surface area (Å²) < 4.78 is 2.36. The summed E-state index contributed by atoms with van der Waals surface area (Å²) in [5, 5.41) is 4.50. The van der Waals surface area contributed by atoms with Crippen molar-refractivity contribution in [2.75, 3.05) is 36.4 Å². The first-order valence-electron chi connectivity index (χ1n) is 12.9. The Morgan fingerprint density at radius 3 is 2.41 bits per heavy atom. The van der Waals surface area contributed by atoms with Crippen molar-refractivity contribution in [3.63, 3.8) is 0 Å². The van der Waals surface area contributed by atoms with Crippen LogP contribution in [-0.2, 0) is 0 Å². The first kappa shape index (κ1) is 25.0. The zero-order chi connectivity index (χ0) is 26.6. The van der Waals surface area contributed by atoms with Crippen LogP contribution in [0.4, 0.5) is 11.8 Å². The summed E-state index contributed by atoms with van der Waals surface area (Å²) in [6.07, 6.45) is 5.49. The van der Waals surface area contributed by atoms with Gasteiger partial charge < -0.3 is 15.2 Å². The number of hydrogen-bond donors (Lipinski definition) is 2. The first-order valence-corrected chi connectivity index (χ1v) is 13.6. The molecule has 1 saturated heterocycles. The molecule has 1 fully saturated rings. The standard InChI is InChI=1S/C29H28N8OS/c1-20(22-5-3-2-4-6-22)34-27-25-15-26(35-28(25)33-19-32-27)23-7-9-24(10-8-23)39-37-13-11-36(12-14-37)29-30-16-21(18-38)17-31-29/h2-10,15-20H,11-14H2,1H3,(H2,32,33,34,35)/t20-/m1/s1. The second-order valence-corrected chi connectivity index (χ2v) is 10.6. The Bertz CT molecular complexity index is 1550. The van der Waals surface area contributed by atoms with Crippen molar-refractivity contribution in [3.05, 3.63) is 90.5 Å². The predicted octanol–water partition coefficient (Wildman–Crippen LogP) is 5.23. The zero-order valence-corrected chi connectivity index (χ0v) is 22.3. The molecule has 2 N–H and O–H groups in total. The highest BCUT2D eigenvalue weighted by atomic mass is 32.2. The van der Waals surface area contributed by atoms with E-state index in [9.17, 15) is 4.79 Å². The molecule has 0 saturated carbocycles. The molecule has 0 amide bonds. The number of anilines is 2. The molecule has 39 heavy (non-hydrogen) atoms. The monoisotopic (exact) mass is 536 g/mol. The lowest BCUT2D eigenvalue weighted by atomic mass is 10.1. The molecule has 1 aliphatic rings. The Balaban J connectivity index is 1.10. The first-order chi connectivity index (χ1) is 19.2. The largest absolute Gasteiger partial charge is 0.363 e. The fraction of sp³-hybridized carbons (Fsp3) is 0.207. The fourth-order valence-corrected chi connectivity index (χ4v) is 5.52. The van der Waals surface area contributed by atoms with Crippen molar-refractivity contribution in [2.24, 2.45) is 0 Å². The van der Waals surface area contributed by atoms with E-state index in [1.807, 2.05) is 18.2 Å². The van der Waals surface area contributed by atoms with E-state index in [1.165, 1.54) is 10.5 Å². The van der Waals surface area contributed by atoms with Gasteiger partial charge in [-0.15, -0.1) is 0 Å². The third-order valence-corrected chi connectivity index (χ3v) is 7.90. The molecule has 0 bridgehead atoms. The number of nitrogens with one attached hydrogen (secondary N) is 2. The van der Waals surface area contributed by atoms with Gasteiger partial charge in [-0.2, -0.15) is 0 Å². The molecule has 3 aromatic heterocycles. The number of H-pyrrole nitrogens is 1. The number of carbonyl (C=O) groups excluding carboxylic acids is 1. The number of nitrogens with zero attached hydrogens (tertiary/aromatic N) is 6. The molecular formula is C29H28N8OS. The number of carbonyl (C=O) groups is 1. The molecule has 1 atom stereocenters. The quantitative estimate of drug-likeness (QED) is 0.204. The van der Waals surface area contributed by atoms with Gasteiger partial charge in [0.25, 0.3) is 0 Å². The SMILES string of the molecule is C[C@@H](Nc1ncnc2[nH]c(-c3ccc(SN4CCN(c5ncc(C=O)cn5)CC4)cc3)cc12)c1ccccc1. The van der Waals surface area contributed by atoms with Crippen LogP contribution >= 0.6 is 11.9 Å². The van der Waals surface area contributed by atoms with Crippen LogP contribution in [0.5, 0.6) is 0 Å². The highest BCUT2D eigenvalue weighted by Gasteiger charge is 2.20. The molecule has 0 unspecified atom stereocenters. The van der Waals surface area contributed by atoms with E-state index in [0.717, 1.165) is 60.6 Å². The van der Waals surface area contributed by atoms with Crippen LogP contribution in [0.25, 0.3) is 22.3 Å². The molecule has 9 nitrogen and oxygen atoms in total. The van der Waals surface area contributed by atoms with Gasteiger partial charge in [0.1, 0.15) is 17.8 Å². The Labute approximate surface area is 230 Å². The van der Waals surface area contributed by atoms with Gasteiger partial charge in [-0.25, -0.2) is 24.2 Å². The molecule has 196 valence electrons. The van der Waals surface area contributed by atoms with Crippen molar-refractivity contribution in [1.82, 2.24) is 29.2 Å². The molecule has 1 aliphatic heterocycles. The van der Waals surface area contributed by atoms with Crippen molar-refractivity contribution in [1.29, 1.82) is 0 Å². The highest BCUT2D eigenvalue weighted by Crippen LogP contribution is 2.31. The van der Waals surface area contributed by atoms with Crippen molar-refractivity contribution >= 4 is 41.0 Å². The molecule has 0 radical (unpaired) electrons. The number of aldehydes is 1. The lowest BCUT2D eigenvalue weighted by molar-refractivity contribution is 0.112. The fourth-order valence-electron chi connectivity index (χ4n) is 4.62. The molecule has 2 aromatic carbocycles. The maximum atomic E-state index is 10.8. The predicted molar refractivity (Wildman–Crippen MR) is 155 cm³/mol. The van der Waals surface area contributed by atoms with Crippen molar-refractivity contribution < 1.29 is 4.79 Å². The van der Waals surface area contributed by atoms with Gasteiger partial charge in [-0.3, -0.25) is 4.79 Å². The second kappa shape index (κ2) is 11.2. The maximum absolute atomic E-state index is 10.8. The minimum atomic E-state index is 0.122. The van der Waals surface area contributed by atoms with Gasteiger partial charge in [0, 0.05) is 55.2 Å². The Morgan fingerprint density at radius 2 is 1.69 bits per heavy atom. The molecular weight excluding hydrogens is 508 g/mol. The van der Waals surface area contributed by atoms with E-state index in [1.54, 1.807) is 30.7 Å². The molecule has 4 heterocycles. The van der Waals surface area contributed by atoms with E-state index in [4.69, 9.17) is 0 Å². The highest BCUT2D eigenvalue weighted by molar-refractivity contribution is 7.97. The summed E-state index contributed by atoms with van der Waals surface area (Å²) in [6.45, 7) is 5.58. The van der Waals surface area contributed by atoms with Gasteiger partial charge in [0.2, 0.25) is 5.95 Å². The third-order valence-electron chi connectivity index (χ3n) is 6.79. The normalized spacial score (nSPS) is 14.8. The number of piperazine rings is 1. The summed E-state index contributed by atoms with van der Waals surface area (Å²) >= 11 is 1.76. The van der Waals surface area contributed by atoms with Gasteiger partial charge in [-0.05, 0) is 48.2 Å². The summed E-state index contributed by atoms with van der Waals surface area (Å²) in [5.74, 6) is 1.49. The molecule has 0 aliphatic carbocycles. The topological polar surface area (TPSA) is 103 Å². The van der Waals surface area contributed by atoms with E-state index in [0.29, 0.717) is 11.5 Å². The number of fused-ring (bicyclic) bond motifs is 1. The van der Waals surface area contributed by atoms with Gasteiger partial charge in [-0.1, -0.05) is 42.5 Å². The smallest absolute Gasteiger partial charge is 0.225 e. The Hall–Kier alpha value is -4.28. The van der Waals surface area contributed by atoms with E-state index < -0.39 is 0 Å². The molecule has 6 rings (SSSR count). The summed E-state index contributed by atoms with van der Waals surface area (Å²) in [6, 6.07) is 21.2. The number of rotatable bonds is 8. The number of benzene rings is 2. The van der Waals surface area contributed by atoms with Crippen LogP contribution in [0, 0.1) is 0 Å². The van der Waals surface area contributed by atoms with Crippen molar-refractivity contribution in [2.45, 2.75) is 17.9 Å². The van der Waals surface area contributed by atoms with Crippen LogP contribution in [0.1, 0.15) is 28.9 Å². The molecule has 10 heteroatoms. The van der Waals surface area contributed by atoms with E-state index >= 15 is 0 Å². The summed E-state index contributed by atoms with van der Waals surface area (Å²) in [4.78, 5) is 35.2. The zero-order valence-electron chi connectivity index (χ0n) is 21.5. The van der Waals surface area contributed by atoms with Gasteiger partial charge in [0.05, 0.1) is 10.9 Å². The molecule has 5 aromatic rings. The number of aromatic nitrogens is 5. The van der Waals surface area contributed by atoms with Crippen molar-refractivity contribution in [3.8, 4) is 11.3 Å².